The van der Waals surface area contributed by atoms with Gasteiger partial charge in [-0.15, -0.1) is 0 Å². The molecule has 0 unspecified atom stereocenters. The van der Waals surface area contributed by atoms with Crippen molar-refractivity contribution in [2.45, 2.75) is 0 Å². The van der Waals surface area contributed by atoms with Crippen molar-refractivity contribution in [1.29, 1.82) is 5.26 Å². The van der Waals surface area contributed by atoms with Gasteiger partial charge in [0.1, 0.15) is 0 Å². The highest BCUT2D eigenvalue weighted by molar-refractivity contribution is 6.17. The van der Waals surface area contributed by atoms with E-state index in [0.717, 1.165) is 161 Å². The predicted molar refractivity (Wildman–Crippen MR) is 478 cm³/mol. The van der Waals surface area contributed by atoms with Crippen LogP contribution in [0.15, 0.2) is 388 Å². The molecule has 0 spiro atoms. The number of benzene rings is 17. The molecule has 0 saturated heterocycles. The molecular weight excluding hydrogens is 1410 g/mol. The van der Waals surface area contributed by atoms with Crippen LogP contribution in [0, 0.1) is 11.3 Å². The van der Waals surface area contributed by atoms with Crippen molar-refractivity contribution >= 4 is 131 Å². The molecule has 24 rings (SSSR count). The quantitative estimate of drug-likeness (QED) is 0.129. The molecule has 7 heterocycles. The smallest absolute Gasteiger partial charge is 0.164 e. The minimum Gasteiger partial charge on any atom is -0.309 e. The first kappa shape index (κ1) is 64.8. The molecule has 116 heavy (non-hydrogen) atoms. The van der Waals surface area contributed by atoms with E-state index >= 15 is 0 Å². The van der Waals surface area contributed by atoms with E-state index in [1.54, 1.807) is 0 Å². The van der Waals surface area contributed by atoms with E-state index in [-0.39, 0.29) is 0 Å². The second kappa shape index (κ2) is 25.5. The summed E-state index contributed by atoms with van der Waals surface area (Å²) in [4.78, 5) is 16.5. The van der Waals surface area contributed by atoms with Gasteiger partial charge in [0.25, 0.3) is 0 Å². The van der Waals surface area contributed by atoms with Gasteiger partial charge >= 0.3 is 0 Å². The normalized spacial score (nSPS) is 12.0. The van der Waals surface area contributed by atoms with E-state index < -0.39 is 0 Å². The van der Waals surface area contributed by atoms with Gasteiger partial charge in [-0.2, -0.15) is 5.26 Å². The summed E-state index contributed by atoms with van der Waals surface area (Å²) in [7, 11) is 0. The Hall–Kier alpha value is -16.0. The molecule has 0 amide bonds. The molecule has 0 aliphatic rings. The van der Waals surface area contributed by atoms with Crippen LogP contribution in [0.2, 0.25) is 0 Å². The molecule has 0 fully saturated rings. The molecule has 0 bridgehead atoms. The zero-order valence-electron chi connectivity index (χ0n) is 62.4. The van der Waals surface area contributed by atoms with Crippen LogP contribution in [0.5, 0.6) is 0 Å². The Morgan fingerprint density at radius 1 is 0.181 bits per heavy atom. The number of nitriles is 1. The fourth-order valence-electron chi connectivity index (χ4n) is 18.9. The predicted octanol–water partition coefficient (Wildman–Crippen LogP) is 26.7. The van der Waals surface area contributed by atoms with E-state index in [9.17, 15) is 5.26 Å². The van der Waals surface area contributed by atoms with E-state index in [1.165, 1.54) is 43.1 Å². The SMILES string of the molecule is N#Cc1ccccc1-c1ccc(-n2c3ccc(-n4c5ccccc5c5ccccc54)cc3c3cc(-n4c5ccccc5c5ccccc54)ccc32)c(-c2cc(-n3c4ccc(-n5c6ccccc6c6ccccc65)cc4c4cc(-n5c6ccccc6c6ccccc65)ccc43)ccc2-c2nc(-c3ccccc3)nc(-c3ccccc3)n2)c1. The van der Waals surface area contributed by atoms with Crippen molar-refractivity contribution < 1.29 is 0 Å². The number of aromatic nitrogens is 9. The summed E-state index contributed by atoms with van der Waals surface area (Å²) >= 11 is 0. The van der Waals surface area contributed by atoms with E-state index in [1.807, 2.05) is 54.6 Å². The van der Waals surface area contributed by atoms with Gasteiger partial charge in [0, 0.05) is 115 Å². The Balaban J connectivity index is 0.816. The number of nitrogens with zero attached hydrogens (tertiary/aromatic N) is 10. The topological polar surface area (TPSA) is 92.0 Å². The molecule has 0 aliphatic carbocycles. The fourth-order valence-corrected chi connectivity index (χ4v) is 18.9. The molecule has 0 N–H and O–H groups in total. The first-order chi connectivity index (χ1) is 57.5. The van der Waals surface area contributed by atoms with Crippen LogP contribution in [-0.2, 0) is 0 Å². The van der Waals surface area contributed by atoms with Crippen molar-refractivity contribution in [3.63, 3.8) is 0 Å². The summed E-state index contributed by atoms with van der Waals surface area (Å²) in [6.45, 7) is 0. The van der Waals surface area contributed by atoms with Gasteiger partial charge in [-0.05, 0) is 174 Å². The first-order valence-corrected chi connectivity index (χ1v) is 39.3. The first-order valence-electron chi connectivity index (χ1n) is 39.3. The maximum atomic E-state index is 11.1. The Morgan fingerprint density at radius 2 is 0.466 bits per heavy atom. The summed E-state index contributed by atoms with van der Waals surface area (Å²) in [5.74, 6) is 1.58. The van der Waals surface area contributed by atoms with Crippen LogP contribution in [0.3, 0.4) is 0 Å². The Bertz CT molecular complexity index is 7690. The summed E-state index contributed by atoms with van der Waals surface area (Å²) in [5.41, 5.74) is 25.7. The second-order valence-corrected chi connectivity index (χ2v) is 30.1. The number of hydrogen-bond acceptors (Lipinski definition) is 4. The summed E-state index contributed by atoms with van der Waals surface area (Å²) in [5, 5.41) is 25.0. The van der Waals surface area contributed by atoms with E-state index in [0.29, 0.717) is 23.0 Å². The maximum absolute atomic E-state index is 11.1. The van der Waals surface area contributed by atoms with E-state index in [2.05, 4.69) is 367 Å². The van der Waals surface area contributed by atoms with Crippen molar-refractivity contribution in [2.75, 3.05) is 0 Å². The molecule has 0 radical (unpaired) electrons. The summed E-state index contributed by atoms with van der Waals surface area (Å²) in [6, 6.07) is 143. The van der Waals surface area contributed by atoms with Crippen LogP contribution in [0.1, 0.15) is 5.56 Å². The number of fused-ring (bicyclic) bond motifs is 18. The molecule has 24 aromatic rings. The van der Waals surface area contributed by atoms with Crippen LogP contribution < -0.4 is 0 Å². The van der Waals surface area contributed by atoms with Gasteiger partial charge in [0.2, 0.25) is 0 Å². The molecule has 538 valence electrons. The summed E-state index contributed by atoms with van der Waals surface area (Å²) in [6.07, 6.45) is 0. The molecule has 7 aromatic heterocycles. The highest BCUT2D eigenvalue weighted by atomic mass is 15.1. The van der Waals surface area contributed by atoms with Crippen LogP contribution in [-0.4, -0.2) is 42.4 Å². The van der Waals surface area contributed by atoms with Gasteiger partial charge < -0.3 is 27.4 Å². The second-order valence-electron chi connectivity index (χ2n) is 30.1. The lowest BCUT2D eigenvalue weighted by Gasteiger charge is -2.20. The fraction of sp³-hybridized carbons (Fsp3) is 0. The highest BCUT2D eigenvalue weighted by Crippen LogP contribution is 2.48. The molecule has 0 saturated carbocycles. The van der Waals surface area contributed by atoms with Crippen molar-refractivity contribution in [1.82, 2.24) is 42.4 Å². The van der Waals surface area contributed by atoms with Crippen molar-refractivity contribution in [3.8, 4) is 96.6 Å². The largest absolute Gasteiger partial charge is 0.309 e. The molecule has 0 aliphatic heterocycles. The zero-order chi connectivity index (χ0) is 76.2. The third kappa shape index (κ3) is 9.79. The van der Waals surface area contributed by atoms with Crippen LogP contribution >= 0.6 is 0 Å². The van der Waals surface area contributed by atoms with Crippen molar-refractivity contribution in [3.05, 3.63) is 394 Å². The van der Waals surface area contributed by atoms with Gasteiger partial charge in [-0.3, -0.25) is 0 Å². The molecule has 10 heteroatoms. The average molecular weight is 1480 g/mol. The lowest BCUT2D eigenvalue weighted by atomic mass is 9.92. The van der Waals surface area contributed by atoms with E-state index in [4.69, 9.17) is 15.0 Å². The van der Waals surface area contributed by atoms with Gasteiger partial charge in [0.15, 0.2) is 17.5 Å². The molecule has 17 aromatic carbocycles. The molecule has 0 atom stereocenters. The van der Waals surface area contributed by atoms with Crippen LogP contribution in [0.25, 0.3) is 221 Å². The van der Waals surface area contributed by atoms with Gasteiger partial charge in [0.05, 0.1) is 83.5 Å². The lowest BCUT2D eigenvalue weighted by Crippen LogP contribution is -2.04. The van der Waals surface area contributed by atoms with Gasteiger partial charge in [-0.25, -0.2) is 15.0 Å². The molecule has 10 nitrogen and oxygen atoms in total. The number of rotatable bonds is 11. The standard InChI is InChI=1S/C106H64N10/c107-65-69-29-7-8-30-75(69)68-47-54-101(116-102-57-51-73(113-95-43-21-13-35-80(95)81-36-14-22-44-96(81)113)63-89(102)90-64-74(52-58-103(90)116)114-97-45-23-15-37-82(97)83-38-16-24-46-98(83)114)86(59-68)85-60-70(48-53-84(85)106-109-104(66-25-3-1-4-26-66)108-105(110-106)67-27-5-2-6-28-67)115-99-55-49-71(111-91-39-17-9-31-76(91)77-32-10-18-40-92(77)111)61-87(99)88-62-72(50-56-100(88)115)112-93-41-19-11-33-78(93)79-34-12-20-42-94(79)112/h1-64H. The third-order valence-electron chi connectivity index (χ3n) is 23.9. The minimum absolute atomic E-state index is 0.496. The number of para-hydroxylation sites is 8. The highest BCUT2D eigenvalue weighted by Gasteiger charge is 2.27. The Labute approximate surface area is 664 Å². The third-order valence-corrected chi connectivity index (χ3v) is 23.9. The lowest BCUT2D eigenvalue weighted by molar-refractivity contribution is 1.07. The number of hydrogen-bond donors (Lipinski definition) is 0. The minimum atomic E-state index is 0.496. The Kier molecular flexibility index (Phi) is 14.3. The maximum Gasteiger partial charge on any atom is 0.164 e. The van der Waals surface area contributed by atoms with Crippen LogP contribution in [0.4, 0.5) is 0 Å². The van der Waals surface area contributed by atoms with Crippen molar-refractivity contribution in [2.24, 2.45) is 0 Å². The van der Waals surface area contributed by atoms with Gasteiger partial charge in [-0.1, -0.05) is 231 Å². The molecular formula is C106H64N10. The monoisotopic (exact) mass is 1480 g/mol. The Morgan fingerprint density at radius 3 is 0.819 bits per heavy atom. The average Bonchev–Trinajstić information content (AvgIpc) is 1.53. The summed E-state index contributed by atoms with van der Waals surface area (Å²) < 4.78 is 14.6. The zero-order valence-corrected chi connectivity index (χ0v) is 62.4.